The Hall–Kier alpha value is -2.15. The van der Waals surface area contributed by atoms with Gasteiger partial charge in [0.1, 0.15) is 5.75 Å². The number of methoxy groups -OCH3 is 1. The summed E-state index contributed by atoms with van der Waals surface area (Å²) in [5.41, 5.74) is 0.380. The van der Waals surface area contributed by atoms with Crippen molar-refractivity contribution in [3.05, 3.63) is 28.3 Å². The van der Waals surface area contributed by atoms with Gasteiger partial charge >= 0.3 is 0 Å². The first-order chi connectivity index (χ1) is 11.4. The normalized spacial score (nSPS) is 21.8. The number of carbonyl (C=O) groups excluding carboxylic acids is 1. The lowest BCUT2D eigenvalue weighted by atomic mass is 9.85. The Morgan fingerprint density at radius 1 is 1.42 bits per heavy atom. The fraction of sp³-hybridized carbons (Fsp3) is 0.588. The molecule has 1 aromatic rings. The molecule has 1 fully saturated rings. The maximum absolute atomic E-state index is 12.4. The first-order valence-electron chi connectivity index (χ1n) is 8.40. The number of nitrogens with zero attached hydrogens (tertiary/aromatic N) is 1. The smallest absolute Gasteiger partial charge is 0.282 e. The molecule has 3 atom stereocenters. The van der Waals surface area contributed by atoms with Crippen LogP contribution in [0.25, 0.3) is 0 Å². The second-order valence-electron chi connectivity index (χ2n) is 6.54. The largest absolute Gasteiger partial charge is 0.494 e. The molecular formula is C17H26N3O4+. The van der Waals surface area contributed by atoms with E-state index in [1.54, 1.807) is 0 Å². The number of hydrogen-bond acceptors (Lipinski definition) is 4. The van der Waals surface area contributed by atoms with E-state index < -0.39 is 4.92 Å². The quantitative estimate of drug-likeness (QED) is 0.614. The number of nitrogens with two attached hydrogens (primary N) is 1. The molecule has 0 aromatic heterocycles. The minimum absolute atomic E-state index is 0.0690. The lowest BCUT2D eigenvalue weighted by Gasteiger charge is -2.28. The molecule has 0 radical (unpaired) electrons. The summed E-state index contributed by atoms with van der Waals surface area (Å²) in [5, 5.41) is 15.8. The van der Waals surface area contributed by atoms with E-state index in [-0.39, 0.29) is 23.4 Å². The number of nitro benzene ring substituents is 1. The predicted molar refractivity (Wildman–Crippen MR) is 91.1 cm³/mol. The summed E-state index contributed by atoms with van der Waals surface area (Å²) < 4.78 is 5.15. The van der Waals surface area contributed by atoms with E-state index in [9.17, 15) is 14.9 Å². The molecule has 0 heterocycles. The second kappa shape index (κ2) is 8.10. The van der Waals surface area contributed by atoms with Gasteiger partial charge in [0.2, 0.25) is 0 Å². The van der Waals surface area contributed by atoms with Crippen LogP contribution in [0, 0.1) is 16.0 Å². The van der Waals surface area contributed by atoms with Crippen molar-refractivity contribution in [2.24, 2.45) is 5.92 Å². The molecule has 7 nitrogen and oxygen atoms in total. The third kappa shape index (κ3) is 4.44. The Kier molecular flexibility index (Phi) is 6.14. The lowest BCUT2D eigenvalue weighted by molar-refractivity contribution is -0.714. The molecule has 0 saturated heterocycles. The summed E-state index contributed by atoms with van der Waals surface area (Å²) in [6.07, 6.45) is 4.84. The van der Waals surface area contributed by atoms with Gasteiger partial charge in [-0.2, -0.15) is 0 Å². The number of rotatable bonds is 6. The van der Waals surface area contributed by atoms with E-state index in [0.717, 1.165) is 6.42 Å². The van der Waals surface area contributed by atoms with Crippen LogP contribution in [0.5, 0.6) is 5.75 Å². The van der Waals surface area contributed by atoms with Crippen molar-refractivity contribution in [3.63, 3.8) is 0 Å². The highest BCUT2D eigenvalue weighted by Crippen LogP contribution is 2.29. The van der Waals surface area contributed by atoms with Crippen LogP contribution in [0.4, 0.5) is 11.4 Å². The van der Waals surface area contributed by atoms with Gasteiger partial charge in [0.15, 0.2) is 6.04 Å². The van der Waals surface area contributed by atoms with Gasteiger partial charge in [-0.15, -0.1) is 0 Å². The van der Waals surface area contributed by atoms with Gasteiger partial charge in [-0.1, -0.05) is 13.3 Å². The van der Waals surface area contributed by atoms with Crippen molar-refractivity contribution in [1.82, 2.24) is 0 Å². The summed E-state index contributed by atoms with van der Waals surface area (Å²) in [6.45, 7) is 4.12. The number of nitrogens with one attached hydrogen (secondary N) is 1. The van der Waals surface area contributed by atoms with Crippen LogP contribution in [0.15, 0.2) is 18.2 Å². The van der Waals surface area contributed by atoms with Crippen molar-refractivity contribution in [1.29, 1.82) is 0 Å². The molecule has 132 valence electrons. The minimum Gasteiger partial charge on any atom is -0.494 e. The fourth-order valence-electron chi connectivity index (χ4n) is 3.23. The molecule has 1 aromatic carbocycles. The van der Waals surface area contributed by atoms with Gasteiger partial charge in [-0.25, -0.2) is 0 Å². The molecule has 3 N–H and O–H groups in total. The topological polar surface area (TPSA) is 98.1 Å². The number of non-ortho nitro benzene ring substituents is 1. The van der Waals surface area contributed by atoms with E-state index >= 15 is 0 Å². The Bertz CT molecular complexity index is 605. The van der Waals surface area contributed by atoms with E-state index in [1.807, 2.05) is 6.92 Å². The molecule has 2 rings (SSSR count). The lowest BCUT2D eigenvalue weighted by Crippen LogP contribution is -2.97. The summed E-state index contributed by atoms with van der Waals surface area (Å²) in [4.78, 5) is 22.8. The summed E-state index contributed by atoms with van der Waals surface area (Å²) >= 11 is 0. The first kappa shape index (κ1) is 18.2. The average molecular weight is 336 g/mol. The predicted octanol–water partition coefficient (Wildman–Crippen LogP) is 2.07. The third-order valence-corrected chi connectivity index (χ3v) is 4.78. The molecular weight excluding hydrogens is 310 g/mol. The van der Waals surface area contributed by atoms with E-state index in [4.69, 9.17) is 4.74 Å². The van der Waals surface area contributed by atoms with Crippen LogP contribution in [-0.4, -0.2) is 30.0 Å². The van der Waals surface area contributed by atoms with Gasteiger partial charge in [0.25, 0.3) is 11.6 Å². The summed E-state index contributed by atoms with van der Waals surface area (Å²) in [5.74, 6) is 0.777. The molecule has 1 amide bonds. The number of quaternary nitrogens is 1. The number of ether oxygens (including phenoxy) is 1. The molecule has 1 saturated carbocycles. The molecule has 1 aliphatic rings. The summed E-state index contributed by atoms with van der Waals surface area (Å²) in [7, 11) is 1.42. The Morgan fingerprint density at radius 3 is 2.75 bits per heavy atom. The zero-order chi connectivity index (χ0) is 17.7. The zero-order valence-corrected chi connectivity index (χ0v) is 14.5. The number of anilines is 1. The number of benzene rings is 1. The molecule has 0 bridgehead atoms. The molecule has 7 heteroatoms. The fourth-order valence-corrected chi connectivity index (χ4v) is 3.23. The van der Waals surface area contributed by atoms with Gasteiger partial charge in [0, 0.05) is 12.0 Å². The molecule has 24 heavy (non-hydrogen) atoms. The van der Waals surface area contributed by atoms with Crippen LogP contribution < -0.4 is 15.4 Å². The van der Waals surface area contributed by atoms with Crippen LogP contribution in [-0.2, 0) is 4.79 Å². The Balaban J connectivity index is 2.01. The number of amides is 1. The van der Waals surface area contributed by atoms with Crippen LogP contribution >= 0.6 is 0 Å². The van der Waals surface area contributed by atoms with Gasteiger partial charge in [-0.3, -0.25) is 14.9 Å². The van der Waals surface area contributed by atoms with Crippen LogP contribution in [0.1, 0.15) is 39.5 Å². The number of hydrogen-bond donors (Lipinski definition) is 2. The van der Waals surface area contributed by atoms with Crippen molar-refractivity contribution in [2.45, 2.75) is 51.6 Å². The van der Waals surface area contributed by atoms with E-state index in [1.165, 1.54) is 44.6 Å². The maximum Gasteiger partial charge on any atom is 0.282 e. The highest BCUT2D eigenvalue weighted by molar-refractivity contribution is 5.95. The molecule has 0 unspecified atom stereocenters. The van der Waals surface area contributed by atoms with Crippen molar-refractivity contribution < 1.29 is 19.8 Å². The van der Waals surface area contributed by atoms with E-state index in [2.05, 4.69) is 17.6 Å². The van der Waals surface area contributed by atoms with Gasteiger partial charge in [-0.05, 0) is 32.3 Å². The number of carbonyl (C=O) groups is 1. The Morgan fingerprint density at radius 2 is 2.12 bits per heavy atom. The molecule has 1 aliphatic carbocycles. The SMILES string of the molecule is COc1cc([N+](=O)[O-])ccc1NC(=O)[C@H](C)[NH2+][C@H]1CCCC[C@@H]1C. The van der Waals surface area contributed by atoms with Crippen LogP contribution in [0.2, 0.25) is 0 Å². The monoisotopic (exact) mass is 336 g/mol. The third-order valence-electron chi connectivity index (χ3n) is 4.78. The standard InChI is InChI=1S/C17H25N3O4/c1-11-6-4-5-7-14(11)18-12(2)17(21)19-15-9-8-13(20(22)23)10-16(15)24-3/h8-12,14,18H,4-7H2,1-3H3,(H,19,21)/p+1/t11-,12-,14-/m0/s1. The first-order valence-corrected chi connectivity index (χ1v) is 8.40. The molecule has 0 aliphatic heterocycles. The van der Waals surface area contributed by atoms with Gasteiger partial charge in [0.05, 0.1) is 29.8 Å². The van der Waals surface area contributed by atoms with Crippen molar-refractivity contribution in [2.75, 3.05) is 12.4 Å². The van der Waals surface area contributed by atoms with Crippen molar-refractivity contribution >= 4 is 17.3 Å². The van der Waals surface area contributed by atoms with Crippen molar-refractivity contribution in [3.8, 4) is 5.75 Å². The second-order valence-corrected chi connectivity index (χ2v) is 6.54. The zero-order valence-electron chi connectivity index (χ0n) is 14.5. The number of nitro groups is 1. The highest BCUT2D eigenvalue weighted by atomic mass is 16.6. The maximum atomic E-state index is 12.4. The average Bonchev–Trinajstić information content (AvgIpc) is 2.56. The van der Waals surface area contributed by atoms with Gasteiger partial charge < -0.3 is 15.4 Å². The molecule has 0 spiro atoms. The van der Waals surface area contributed by atoms with E-state index in [0.29, 0.717) is 17.6 Å². The highest BCUT2D eigenvalue weighted by Gasteiger charge is 2.29. The minimum atomic E-state index is -0.491. The summed E-state index contributed by atoms with van der Waals surface area (Å²) in [6, 6.07) is 4.42. The van der Waals surface area contributed by atoms with Crippen LogP contribution in [0.3, 0.4) is 0 Å². The Labute approximate surface area is 141 Å².